The standard InChI is InChI=1S/C17H24N2O3/c1-22-16(20)10-12-19(15-8-4-2-3-5-9-15)17(21)14-7-6-11-18-13-14/h6-7,11,13,15H,2-5,8-10,12H2,1H3. The Balaban J connectivity index is 2.12. The molecular weight excluding hydrogens is 280 g/mol. The SMILES string of the molecule is COC(=O)CCN(C(=O)c1cccnc1)C1CCCCCC1. The zero-order chi connectivity index (χ0) is 15.8. The number of hydrogen-bond acceptors (Lipinski definition) is 4. The highest BCUT2D eigenvalue weighted by atomic mass is 16.5. The summed E-state index contributed by atoms with van der Waals surface area (Å²) in [5, 5.41) is 0. The van der Waals surface area contributed by atoms with E-state index < -0.39 is 0 Å². The molecule has 5 heteroatoms. The summed E-state index contributed by atoms with van der Waals surface area (Å²) in [6.07, 6.45) is 10.2. The number of hydrogen-bond donors (Lipinski definition) is 0. The molecule has 1 aromatic rings. The molecule has 5 nitrogen and oxygen atoms in total. The van der Waals surface area contributed by atoms with Gasteiger partial charge in [-0.2, -0.15) is 0 Å². The molecule has 120 valence electrons. The van der Waals surface area contributed by atoms with Crippen LogP contribution in [-0.2, 0) is 9.53 Å². The van der Waals surface area contributed by atoms with E-state index in [9.17, 15) is 9.59 Å². The van der Waals surface area contributed by atoms with Crippen molar-refractivity contribution in [2.24, 2.45) is 0 Å². The number of ether oxygens (including phenoxy) is 1. The average molecular weight is 304 g/mol. The second-order valence-corrected chi connectivity index (χ2v) is 5.71. The fourth-order valence-corrected chi connectivity index (χ4v) is 2.99. The van der Waals surface area contributed by atoms with Crippen LogP contribution in [0.3, 0.4) is 0 Å². The highest BCUT2D eigenvalue weighted by molar-refractivity contribution is 5.94. The Morgan fingerprint density at radius 1 is 1.27 bits per heavy atom. The van der Waals surface area contributed by atoms with Gasteiger partial charge in [0.25, 0.3) is 5.91 Å². The predicted octanol–water partition coefficient (Wildman–Crippen LogP) is 2.81. The number of aromatic nitrogens is 1. The van der Waals surface area contributed by atoms with Crippen molar-refractivity contribution in [1.29, 1.82) is 0 Å². The molecule has 1 aliphatic carbocycles. The molecule has 1 heterocycles. The van der Waals surface area contributed by atoms with Crippen LogP contribution in [0.25, 0.3) is 0 Å². The summed E-state index contributed by atoms with van der Waals surface area (Å²) in [7, 11) is 1.38. The molecule has 0 saturated heterocycles. The number of amides is 1. The van der Waals surface area contributed by atoms with E-state index in [1.807, 2.05) is 4.90 Å². The minimum atomic E-state index is -0.280. The molecule has 1 saturated carbocycles. The zero-order valence-electron chi connectivity index (χ0n) is 13.2. The summed E-state index contributed by atoms with van der Waals surface area (Å²) < 4.78 is 4.71. The van der Waals surface area contributed by atoms with Crippen LogP contribution >= 0.6 is 0 Å². The monoisotopic (exact) mass is 304 g/mol. The van der Waals surface area contributed by atoms with E-state index in [2.05, 4.69) is 4.98 Å². The highest BCUT2D eigenvalue weighted by Gasteiger charge is 2.26. The maximum absolute atomic E-state index is 12.8. The molecule has 1 amide bonds. The topological polar surface area (TPSA) is 59.5 Å². The van der Waals surface area contributed by atoms with Gasteiger partial charge in [0.15, 0.2) is 0 Å². The lowest BCUT2D eigenvalue weighted by molar-refractivity contribution is -0.140. The minimum absolute atomic E-state index is 0.0381. The molecule has 0 radical (unpaired) electrons. The van der Waals surface area contributed by atoms with Crippen LogP contribution in [0.4, 0.5) is 0 Å². The summed E-state index contributed by atoms with van der Waals surface area (Å²) in [6, 6.07) is 3.75. The largest absolute Gasteiger partial charge is 0.469 e. The van der Waals surface area contributed by atoms with Crippen LogP contribution in [0.5, 0.6) is 0 Å². The van der Waals surface area contributed by atoms with Crippen LogP contribution in [0.1, 0.15) is 55.3 Å². The van der Waals surface area contributed by atoms with Crippen molar-refractivity contribution in [3.05, 3.63) is 30.1 Å². The smallest absolute Gasteiger partial charge is 0.307 e. The van der Waals surface area contributed by atoms with Gasteiger partial charge in [0, 0.05) is 25.0 Å². The Labute approximate surface area is 131 Å². The maximum Gasteiger partial charge on any atom is 0.307 e. The molecule has 0 spiro atoms. The lowest BCUT2D eigenvalue weighted by Crippen LogP contribution is -2.41. The molecule has 2 rings (SSSR count). The number of methoxy groups -OCH3 is 1. The van der Waals surface area contributed by atoms with Crippen LogP contribution in [-0.4, -0.2) is 41.5 Å². The van der Waals surface area contributed by atoms with Crippen molar-refractivity contribution in [2.75, 3.05) is 13.7 Å². The van der Waals surface area contributed by atoms with Gasteiger partial charge in [-0.25, -0.2) is 0 Å². The van der Waals surface area contributed by atoms with Crippen LogP contribution in [0.2, 0.25) is 0 Å². The zero-order valence-corrected chi connectivity index (χ0v) is 13.2. The van der Waals surface area contributed by atoms with Crippen LogP contribution < -0.4 is 0 Å². The van der Waals surface area contributed by atoms with Gasteiger partial charge in [0.1, 0.15) is 0 Å². The van der Waals surface area contributed by atoms with Gasteiger partial charge < -0.3 is 9.64 Å². The van der Waals surface area contributed by atoms with Gasteiger partial charge in [0.05, 0.1) is 19.1 Å². The van der Waals surface area contributed by atoms with Crippen molar-refractivity contribution in [2.45, 2.75) is 51.0 Å². The summed E-state index contributed by atoms with van der Waals surface area (Å²) in [5.41, 5.74) is 0.580. The first-order chi connectivity index (χ1) is 10.7. The number of carbonyl (C=O) groups excluding carboxylic acids is 2. The third-order valence-corrected chi connectivity index (χ3v) is 4.22. The fraction of sp³-hybridized carbons (Fsp3) is 0.588. The number of pyridine rings is 1. The molecule has 1 fully saturated rings. The quantitative estimate of drug-likeness (QED) is 0.620. The van der Waals surface area contributed by atoms with Crippen molar-refractivity contribution in [1.82, 2.24) is 9.88 Å². The molecule has 0 aromatic carbocycles. The second kappa shape index (κ2) is 8.51. The Bertz CT molecular complexity index is 482. The lowest BCUT2D eigenvalue weighted by atomic mass is 10.1. The number of rotatable bonds is 5. The van der Waals surface area contributed by atoms with Crippen molar-refractivity contribution in [3.8, 4) is 0 Å². The second-order valence-electron chi connectivity index (χ2n) is 5.71. The molecule has 0 unspecified atom stereocenters. The normalized spacial score (nSPS) is 15.9. The van der Waals surface area contributed by atoms with E-state index in [4.69, 9.17) is 4.74 Å². The molecule has 22 heavy (non-hydrogen) atoms. The average Bonchev–Trinajstić information content (AvgIpc) is 2.84. The maximum atomic E-state index is 12.8. The highest BCUT2D eigenvalue weighted by Crippen LogP contribution is 2.23. The fourth-order valence-electron chi connectivity index (χ4n) is 2.99. The van der Waals surface area contributed by atoms with Gasteiger partial charge in [0.2, 0.25) is 0 Å². The van der Waals surface area contributed by atoms with E-state index >= 15 is 0 Å². The van der Waals surface area contributed by atoms with E-state index in [0.29, 0.717) is 12.1 Å². The van der Waals surface area contributed by atoms with Crippen molar-refractivity contribution in [3.63, 3.8) is 0 Å². The van der Waals surface area contributed by atoms with Gasteiger partial charge >= 0.3 is 5.97 Å². The van der Waals surface area contributed by atoms with Crippen molar-refractivity contribution < 1.29 is 14.3 Å². The molecule has 1 aliphatic rings. The minimum Gasteiger partial charge on any atom is -0.469 e. The molecule has 0 atom stereocenters. The molecular formula is C17H24N2O3. The number of carbonyl (C=O) groups is 2. The molecule has 0 bridgehead atoms. The summed E-state index contributed by atoms with van der Waals surface area (Å²) in [4.78, 5) is 30.1. The van der Waals surface area contributed by atoms with Gasteiger partial charge in [-0.05, 0) is 25.0 Å². The Morgan fingerprint density at radius 2 is 2.00 bits per heavy atom. The molecule has 1 aromatic heterocycles. The summed E-state index contributed by atoms with van der Waals surface area (Å²) in [5.74, 6) is -0.318. The van der Waals surface area contributed by atoms with Gasteiger partial charge in [-0.15, -0.1) is 0 Å². The lowest BCUT2D eigenvalue weighted by Gasteiger charge is -2.31. The predicted molar refractivity (Wildman–Crippen MR) is 83.4 cm³/mol. The number of nitrogens with zero attached hydrogens (tertiary/aromatic N) is 2. The molecule has 0 aliphatic heterocycles. The van der Waals surface area contributed by atoms with Crippen LogP contribution in [0.15, 0.2) is 24.5 Å². The van der Waals surface area contributed by atoms with E-state index in [0.717, 1.165) is 25.7 Å². The Kier molecular flexibility index (Phi) is 6.37. The third-order valence-electron chi connectivity index (χ3n) is 4.22. The summed E-state index contributed by atoms with van der Waals surface area (Å²) in [6.45, 7) is 0.408. The summed E-state index contributed by atoms with van der Waals surface area (Å²) >= 11 is 0. The first kappa shape index (κ1) is 16.5. The van der Waals surface area contributed by atoms with E-state index in [-0.39, 0.29) is 24.3 Å². The first-order valence-electron chi connectivity index (χ1n) is 8.00. The van der Waals surface area contributed by atoms with Crippen LogP contribution in [0, 0.1) is 0 Å². The third kappa shape index (κ3) is 4.55. The van der Waals surface area contributed by atoms with E-state index in [1.165, 1.54) is 20.0 Å². The van der Waals surface area contributed by atoms with Gasteiger partial charge in [-0.3, -0.25) is 14.6 Å². The van der Waals surface area contributed by atoms with Gasteiger partial charge in [-0.1, -0.05) is 25.7 Å². The molecule has 0 N–H and O–H groups in total. The number of esters is 1. The Morgan fingerprint density at radius 3 is 2.59 bits per heavy atom. The first-order valence-corrected chi connectivity index (χ1v) is 8.00. The van der Waals surface area contributed by atoms with E-state index in [1.54, 1.807) is 24.5 Å². The Hall–Kier alpha value is -1.91. The van der Waals surface area contributed by atoms with Crippen molar-refractivity contribution >= 4 is 11.9 Å².